The van der Waals surface area contributed by atoms with E-state index in [0.29, 0.717) is 4.48 Å². The van der Waals surface area contributed by atoms with Gasteiger partial charge in [0.25, 0.3) is 0 Å². The molecular formula is C12H28ClNO4. The Morgan fingerprint density at radius 2 is 1.78 bits per heavy atom. The van der Waals surface area contributed by atoms with Crippen molar-refractivity contribution in [2.45, 2.75) is 38.9 Å². The Morgan fingerprint density at radius 3 is 2.11 bits per heavy atom. The number of halogens is 1. The molecule has 0 bridgehead atoms. The lowest BCUT2D eigenvalue weighted by Crippen LogP contribution is -3.00. The number of hydrogen-bond acceptors (Lipinski definition) is 4. The largest absolute Gasteiger partial charge is 1.00 e. The maximum Gasteiger partial charge on any atom is 0.213 e. The zero-order valence-corrected chi connectivity index (χ0v) is 11.9. The Morgan fingerprint density at radius 1 is 1.28 bits per heavy atom. The normalized spacial score (nSPS) is 36.5. The molecule has 0 saturated carbocycles. The van der Waals surface area contributed by atoms with Gasteiger partial charge in [-0.05, 0) is 0 Å². The Kier molecular flexibility index (Phi) is 8.64. The van der Waals surface area contributed by atoms with E-state index in [0.717, 1.165) is 0 Å². The van der Waals surface area contributed by atoms with E-state index in [1.807, 2.05) is 28.1 Å². The monoisotopic (exact) mass is 285 g/mol. The van der Waals surface area contributed by atoms with E-state index in [1.54, 1.807) is 7.11 Å². The lowest BCUT2D eigenvalue weighted by atomic mass is 9.88. The predicted octanol–water partition coefficient (Wildman–Crippen LogP) is -2.94. The van der Waals surface area contributed by atoms with Crippen molar-refractivity contribution in [3.63, 3.8) is 0 Å². The van der Waals surface area contributed by atoms with Crippen LogP contribution in [0.25, 0.3) is 0 Å². The number of quaternary nitrogens is 1. The Bertz CT molecular complexity index is 233. The van der Waals surface area contributed by atoms with E-state index in [4.69, 9.17) is 9.47 Å². The first-order chi connectivity index (χ1) is 7.32. The van der Waals surface area contributed by atoms with Crippen molar-refractivity contribution in [2.75, 3.05) is 34.9 Å². The summed E-state index contributed by atoms with van der Waals surface area (Å²) in [6.07, 6.45) is -1.39. The molecule has 0 spiro atoms. The van der Waals surface area contributed by atoms with Gasteiger partial charge in [-0.15, -0.1) is 0 Å². The van der Waals surface area contributed by atoms with Gasteiger partial charge in [-0.1, -0.05) is 14.4 Å². The molecule has 0 radical (unpaired) electrons. The Balaban J connectivity index is 0. The fraction of sp³-hybridized carbons (Fsp3) is 1.00. The van der Waals surface area contributed by atoms with Gasteiger partial charge in [-0.2, -0.15) is 0 Å². The molecule has 0 aliphatic carbocycles. The van der Waals surface area contributed by atoms with Gasteiger partial charge in [-0.3, -0.25) is 0 Å². The van der Waals surface area contributed by atoms with E-state index in [-0.39, 0.29) is 44.5 Å². The number of ether oxygens (including phenoxy) is 2. The molecule has 6 heteroatoms. The molecule has 1 fully saturated rings. The second-order valence-electron chi connectivity index (χ2n) is 5.42. The van der Waals surface area contributed by atoms with Crippen LogP contribution in [-0.2, 0) is 9.47 Å². The van der Waals surface area contributed by atoms with Crippen molar-refractivity contribution in [1.29, 1.82) is 0 Å². The first kappa shape index (κ1) is 20.4. The molecular weight excluding hydrogens is 258 g/mol. The zero-order chi connectivity index (χ0) is 12.5. The molecule has 1 aliphatic rings. The van der Waals surface area contributed by atoms with Gasteiger partial charge < -0.3 is 36.6 Å². The summed E-state index contributed by atoms with van der Waals surface area (Å²) in [5, 5.41) is 19.5. The van der Waals surface area contributed by atoms with Crippen LogP contribution in [0.2, 0.25) is 0 Å². The van der Waals surface area contributed by atoms with Gasteiger partial charge >= 0.3 is 0 Å². The molecule has 112 valence electrons. The van der Waals surface area contributed by atoms with Gasteiger partial charge in [0.05, 0.1) is 33.9 Å². The number of hydrogen-bond donors (Lipinski definition) is 2. The number of aliphatic hydroxyl groups excluding tert-OH is 2. The highest BCUT2D eigenvalue weighted by Crippen LogP contribution is 2.30. The second-order valence-corrected chi connectivity index (χ2v) is 5.42. The third kappa shape index (κ3) is 4.05. The molecule has 1 aliphatic heterocycles. The summed E-state index contributed by atoms with van der Waals surface area (Å²) < 4.78 is 11.5. The number of likely N-dealkylation sites (N-methyl/N-ethyl adjacent to an activating group) is 1. The minimum atomic E-state index is -0.546. The lowest BCUT2D eigenvalue weighted by molar-refractivity contribution is -0.909. The van der Waals surface area contributed by atoms with Gasteiger partial charge in [0.15, 0.2) is 6.04 Å². The highest BCUT2D eigenvalue weighted by Gasteiger charge is 2.49. The molecule has 0 aromatic heterocycles. The minimum absolute atomic E-state index is 0. The van der Waals surface area contributed by atoms with Crippen LogP contribution < -0.4 is 12.4 Å². The van der Waals surface area contributed by atoms with Crippen LogP contribution in [0, 0.1) is 5.92 Å². The lowest BCUT2D eigenvalue weighted by Gasteiger charge is -2.47. The summed E-state index contributed by atoms with van der Waals surface area (Å²) in [5.41, 5.74) is 0. The third-order valence-electron chi connectivity index (χ3n) is 3.37. The van der Waals surface area contributed by atoms with Crippen LogP contribution >= 0.6 is 0 Å². The summed E-state index contributed by atoms with van der Waals surface area (Å²) >= 11 is 0. The summed E-state index contributed by atoms with van der Waals surface area (Å²) in [6.45, 7) is 1.79. The molecule has 0 amide bonds. The van der Waals surface area contributed by atoms with Crippen molar-refractivity contribution >= 4 is 0 Å². The van der Waals surface area contributed by atoms with Crippen LogP contribution in [0.15, 0.2) is 0 Å². The molecule has 0 aromatic carbocycles. The number of aliphatic hydroxyl groups is 2. The second kappa shape index (κ2) is 7.62. The summed E-state index contributed by atoms with van der Waals surface area (Å²) in [6, 6.07) is -0.150. The molecule has 0 aromatic rings. The molecule has 18 heavy (non-hydrogen) atoms. The third-order valence-corrected chi connectivity index (χ3v) is 3.37. The van der Waals surface area contributed by atoms with E-state index in [1.165, 1.54) is 0 Å². The van der Waals surface area contributed by atoms with Crippen molar-refractivity contribution in [2.24, 2.45) is 5.92 Å². The van der Waals surface area contributed by atoms with Crippen molar-refractivity contribution in [3.8, 4) is 0 Å². The average Bonchev–Trinajstić information content (AvgIpc) is 2.19. The standard InChI is InChI=1S/C11H24NO4.CH4.ClH/c1-7-8(6-13)16-11(15-5)9(10(7)14)12(2,3)4;;/h7-11,13-14H,6H2,1-5H3;1H4;1H/q+1;;/p-1/t7-,8?,9?,10+,11-;;/m1../s1. The zero-order valence-electron chi connectivity index (χ0n) is 11.1. The molecule has 1 heterocycles. The van der Waals surface area contributed by atoms with Gasteiger partial charge in [0.1, 0.15) is 6.10 Å². The smallest absolute Gasteiger partial charge is 0.213 e. The quantitative estimate of drug-likeness (QED) is 0.545. The summed E-state index contributed by atoms with van der Waals surface area (Å²) in [5.74, 6) is -0.0984. The van der Waals surface area contributed by atoms with Crippen molar-refractivity contribution in [1.82, 2.24) is 0 Å². The van der Waals surface area contributed by atoms with Crippen LogP contribution in [0.4, 0.5) is 0 Å². The van der Waals surface area contributed by atoms with Gasteiger partial charge in [0, 0.05) is 13.0 Å². The Hall–Kier alpha value is 0.0900. The maximum atomic E-state index is 10.3. The molecule has 2 unspecified atom stereocenters. The Labute approximate surface area is 117 Å². The topological polar surface area (TPSA) is 58.9 Å². The molecule has 2 N–H and O–H groups in total. The van der Waals surface area contributed by atoms with Crippen LogP contribution in [0.1, 0.15) is 14.4 Å². The molecule has 1 saturated heterocycles. The highest BCUT2D eigenvalue weighted by atomic mass is 35.5. The van der Waals surface area contributed by atoms with E-state index >= 15 is 0 Å². The fourth-order valence-corrected chi connectivity index (χ4v) is 2.30. The average molecular weight is 286 g/mol. The first-order valence-electron chi connectivity index (χ1n) is 5.61. The number of nitrogens with zero attached hydrogens (tertiary/aromatic N) is 1. The summed E-state index contributed by atoms with van der Waals surface area (Å²) in [4.78, 5) is 0. The van der Waals surface area contributed by atoms with E-state index < -0.39 is 12.4 Å². The van der Waals surface area contributed by atoms with Crippen LogP contribution in [-0.4, -0.2) is 74.1 Å². The minimum Gasteiger partial charge on any atom is -1.00 e. The summed E-state index contributed by atoms with van der Waals surface area (Å²) in [7, 11) is 7.55. The van der Waals surface area contributed by atoms with Gasteiger partial charge in [0.2, 0.25) is 6.29 Å². The first-order valence-corrected chi connectivity index (χ1v) is 5.61. The fourth-order valence-electron chi connectivity index (χ4n) is 2.30. The maximum absolute atomic E-state index is 10.3. The van der Waals surface area contributed by atoms with E-state index in [9.17, 15) is 10.2 Å². The number of rotatable bonds is 3. The molecule has 5 nitrogen and oxygen atoms in total. The SMILES string of the molecule is C.CO[C@@H]1OC(CO)[C@@H](C)[C@H](O)C1[N+](C)(C)C.[Cl-]. The number of methoxy groups -OCH3 is 1. The molecule has 1 rings (SSSR count). The van der Waals surface area contributed by atoms with Gasteiger partial charge in [-0.25, -0.2) is 0 Å². The van der Waals surface area contributed by atoms with Crippen molar-refractivity contribution in [3.05, 3.63) is 0 Å². The van der Waals surface area contributed by atoms with Crippen LogP contribution in [0.3, 0.4) is 0 Å². The van der Waals surface area contributed by atoms with E-state index in [2.05, 4.69) is 0 Å². The highest BCUT2D eigenvalue weighted by molar-refractivity contribution is 4.87. The van der Waals surface area contributed by atoms with Crippen molar-refractivity contribution < 1.29 is 36.6 Å². The predicted molar refractivity (Wildman–Crippen MR) is 66.5 cm³/mol. The molecule has 5 atom stereocenters. The van der Waals surface area contributed by atoms with Crippen LogP contribution in [0.5, 0.6) is 0 Å².